The Morgan fingerprint density at radius 3 is 2.36 bits per heavy atom. The van der Waals surface area contributed by atoms with Gasteiger partial charge in [-0.05, 0) is 0 Å². The molecule has 0 fully saturated rings. The van der Waals surface area contributed by atoms with Gasteiger partial charge >= 0.3 is 11.9 Å². The van der Waals surface area contributed by atoms with Crippen molar-refractivity contribution >= 4 is 11.9 Å². The van der Waals surface area contributed by atoms with E-state index in [0.29, 0.717) is 0 Å². The highest BCUT2D eigenvalue weighted by molar-refractivity contribution is 5.91. The first-order chi connectivity index (χ1) is 5.20. The molecule has 0 saturated heterocycles. The second-order valence-electron chi connectivity index (χ2n) is 1.45. The van der Waals surface area contributed by atoms with Crippen LogP contribution in [0.4, 0.5) is 0 Å². The summed E-state index contributed by atoms with van der Waals surface area (Å²) in [5.74, 6) is -1.45. The molecular weight excluding hydrogens is 152 g/mol. The van der Waals surface area contributed by atoms with E-state index in [1.54, 1.807) is 0 Å². The van der Waals surface area contributed by atoms with Gasteiger partial charge < -0.3 is 14.6 Å². The summed E-state index contributed by atoms with van der Waals surface area (Å²) in [5.41, 5.74) is 0. The van der Waals surface area contributed by atoms with Crippen molar-refractivity contribution in [1.82, 2.24) is 0 Å². The number of ether oxygens (including phenoxy) is 2. The van der Waals surface area contributed by atoms with Gasteiger partial charge in [0.25, 0.3) is 0 Å². The van der Waals surface area contributed by atoms with Gasteiger partial charge in [-0.2, -0.15) is 0 Å². The van der Waals surface area contributed by atoms with Gasteiger partial charge in [-0.3, -0.25) is 0 Å². The van der Waals surface area contributed by atoms with Crippen LogP contribution in [0.15, 0.2) is 12.2 Å². The van der Waals surface area contributed by atoms with Gasteiger partial charge in [0.2, 0.25) is 0 Å². The van der Waals surface area contributed by atoms with Crippen molar-refractivity contribution < 1.29 is 24.2 Å². The van der Waals surface area contributed by atoms with Crippen LogP contribution in [0.2, 0.25) is 0 Å². The molecule has 0 saturated carbocycles. The molecule has 0 aromatic carbocycles. The Kier molecular flexibility index (Phi) is 4.76. The largest absolute Gasteiger partial charge is 0.466 e. The van der Waals surface area contributed by atoms with Gasteiger partial charge in [0.15, 0.2) is 6.79 Å². The molecule has 62 valence electrons. The van der Waals surface area contributed by atoms with Crippen LogP contribution in [-0.2, 0) is 19.1 Å². The minimum absolute atomic E-state index is 0.653. The predicted molar refractivity (Wildman–Crippen MR) is 34.3 cm³/mol. The molecule has 0 bridgehead atoms. The monoisotopic (exact) mass is 160 g/mol. The number of hydrogen-bond acceptors (Lipinski definition) is 5. The fourth-order valence-electron chi connectivity index (χ4n) is 0.316. The number of esters is 2. The van der Waals surface area contributed by atoms with Crippen molar-refractivity contribution in [2.75, 3.05) is 13.9 Å². The summed E-state index contributed by atoms with van der Waals surface area (Å²) in [5, 5.41) is 8.07. The lowest BCUT2D eigenvalue weighted by atomic mass is 10.5. The number of aliphatic hydroxyl groups excluding tert-OH is 1. The Labute approximate surface area is 63.2 Å². The van der Waals surface area contributed by atoms with E-state index in [4.69, 9.17) is 5.11 Å². The second-order valence-corrected chi connectivity index (χ2v) is 1.45. The van der Waals surface area contributed by atoms with Crippen molar-refractivity contribution in [1.29, 1.82) is 0 Å². The summed E-state index contributed by atoms with van der Waals surface area (Å²) < 4.78 is 8.24. The molecule has 0 rings (SSSR count). The summed E-state index contributed by atoms with van der Waals surface area (Å²) >= 11 is 0. The maximum Gasteiger partial charge on any atom is 0.333 e. The molecule has 0 aromatic heterocycles. The molecule has 11 heavy (non-hydrogen) atoms. The summed E-state index contributed by atoms with van der Waals surface area (Å²) in [6, 6.07) is 0. The Morgan fingerprint density at radius 1 is 1.36 bits per heavy atom. The van der Waals surface area contributed by atoms with Crippen molar-refractivity contribution in [3.05, 3.63) is 12.2 Å². The van der Waals surface area contributed by atoms with Crippen LogP contribution in [0, 0.1) is 0 Å². The molecular formula is C6H8O5. The zero-order chi connectivity index (χ0) is 8.69. The highest BCUT2D eigenvalue weighted by atomic mass is 16.6. The second kappa shape index (κ2) is 5.43. The number of methoxy groups -OCH3 is 1. The fraction of sp³-hybridized carbons (Fsp3) is 0.333. The van der Waals surface area contributed by atoms with Gasteiger partial charge in [-0.1, -0.05) is 0 Å². The smallest absolute Gasteiger partial charge is 0.333 e. The fourth-order valence-corrected chi connectivity index (χ4v) is 0.316. The molecule has 1 N–H and O–H groups in total. The SMILES string of the molecule is COC(=O)/C=C\C(=O)OCO. The molecule has 0 aromatic rings. The van der Waals surface area contributed by atoms with E-state index >= 15 is 0 Å². The third kappa shape index (κ3) is 5.10. The first-order valence-electron chi connectivity index (χ1n) is 2.74. The summed E-state index contributed by atoms with van der Waals surface area (Å²) in [6.45, 7) is -0.704. The normalized spacial score (nSPS) is 9.64. The molecule has 0 aliphatic carbocycles. The van der Waals surface area contributed by atoms with Crippen LogP contribution in [0.3, 0.4) is 0 Å². The van der Waals surface area contributed by atoms with Crippen molar-refractivity contribution in [3.8, 4) is 0 Å². The van der Waals surface area contributed by atoms with E-state index in [1.165, 1.54) is 7.11 Å². The summed E-state index contributed by atoms with van der Waals surface area (Å²) in [7, 11) is 1.18. The van der Waals surface area contributed by atoms with Gasteiger partial charge in [-0.15, -0.1) is 0 Å². The highest BCUT2D eigenvalue weighted by Gasteiger charge is 1.96. The van der Waals surface area contributed by atoms with Crippen molar-refractivity contribution in [2.24, 2.45) is 0 Å². The van der Waals surface area contributed by atoms with Gasteiger partial charge in [-0.25, -0.2) is 9.59 Å². The number of hydrogen-bond donors (Lipinski definition) is 1. The van der Waals surface area contributed by atoms with Crippen molar-refractivity contribution in [2.45, 2.75) is 0 Å². The number of carbonyl (C=O) groups excluding carboxylic acids is 2. The zero-order valence-corrected chi connectivity index (χ0v) is 5.94. The first-order valence-corrected chi connectivity index (χ1v) is 2.74. The van der Waals surface area contributed by atoms with E-state index < -0.39 is 18.7 Å². The van der Waals surface area contributed by atoms with E-state index in [-0.39, 0.29) is 0 Å². The Hall–Kier alpha value is -1.36. The molecule has 5 heteroatoms. The van der Waals surface area contributed by atoms with Crippen LogP contribution in [0.5, 0.6) is 0 Å². The quantitative estimate of drug-likeness (QED) is 0.332. The molecule has 0 aliphatic rings. The Bertz CT molecular complexity index is 172. The van der Waals surface area contributed by atoms with Gasteiger partial charge in [0, 0.05) is 12.2 Å². The minimum Gasteiger partial charge on any atom is -0.466 e. The topological polar surface area (TPSA) is 72.8 Å². The van der Waals surface area contributed by atoms with Gasteiger partial charge in [0.05, 0.1) is 7.11 Å². The summed E-state index contributed by atoms with van der Waals surface area (Å²) in [4.78, 5) is 20.7. The van der Waals surface area contributed by atoms with Crippen LogP contribution >= 0.6 is 0 Å². The minimum atomic E-state index is -0.794. The van der Waals surface area contributed by atoms with E-state index in [2.05, 4.69) is 9.47 Å². The third-order valence-electron chi connectivity index (χ3n) is 0.763. The number of aliphatic hydroxyl groups is 1. The maximum atomic E-state index is 10.4. The molecule has 0 amide bonds. The molecule has 0 spiro atoms. The van der Waals surface area contributed by atoms with Crippen LogP contribution < -0.4 is 0 Å². The lowest BCUT2D eigenvalue weighted by molar-refractivity contribution is -0.146. The molecule has 0 heterocycles. The lowest BCUT2D eigenvalue weighted by Crippen LogP contribution is -2.03. The first kappa shape index (κ1) is 9.64. The van der Waals surface area contributed by atoms with E-state index in [0.717, 1.165) is 12.2 Å². The average Bonchev–Trinajstić information content (AvgIpc) is 2.01. The number of rotatable bonds is 3. The Morgan fingerprint density at radius 2 is 1.91 bits per heavy atom. The molecule has 5 nitrogen and oxygen atoms in total. The molecule has 0 radical (unpaired) electrons. The van der Waals surface area contributed by atoms with Crippen molar-refractivity contribution in [3.63, 3.8) is 0 Å². The van der Waals surface area contributed by atoms with Crippen LogP contribution in [0.25, 0.3) is 0 Å². The lowest BCUT2D eigenvalue weighted by Gasteiger charge is -1.92. The molecule has 0 unspecified atom stereocenters. The third-order valence-corrected chi connectivity index (χ3v) is 0.763. The average molecular weight is 160 g/mol. The van der Waals surface area contributed by atoms with Gasteiger partial charge in [0.1, 0.15) is 0 Å². The zero-order valence-electron chi connectivity index (χ0n) is 5.94. The number of carbonyl (C=O) groups is 2. The molecule has 0 aliphatic heterocycles. The summed E-state index contributed by atoms with van der Waals surface area (Å²) in [6.07, 6.45) is 1.76. The standard InChI is InChI=1S/C6H8O5/c1-10-5(8)2-3-6(9)11-4-7/h2-3,7H,4H2,1H3/b3-2-. The molecule has 0 atom stereocenters. The van der Waals surface area contributed by atoms with Crippen LogP contribution in [0.1, 0.15) is 0 Å². The predicted octanol–water partition coefficient (Wildman–Crippen LogP) is -0.791. The highest BCUT2D eigenvalue weighted by Crippen LogP contribution is 1.81. The van der Waals surface area contributed by atoms with E-state index in [1.807, 2.05) is 0 Å². The maximum absolute atomic E-state index is 10.4. The van der Waals surface area contributed by atoms with E-state index in [9.17, 15) is 9.59 Å². The Balaban J connectivity index is 3.73. The van der Waals surface area contributed by atoms with Crippen LogP contribution in [-0.4, -0.2) is 30.9 Å².